The summed E-state index contributed by atoms with van der Waals surface area (Å²) in [5.41, 5.74) is 0. The molecule has 0 aliphatic carbocycles. The molecule has 1 amide bonds. The standard InChI is InChI=1S/C62H113NO9/c1-3-5-7-9-11-13-15-16-17-18-19-20-21-22-23-24-25-26-27-28-29-30-31-32-33-34-35-36-37-38-39-41-43-45-47-49-51-56(66)61(70)63-54(53-71-62-60(69)59(68)58(67)57(52-64)72-62)55(65)50-48-46-44-42-40-14-12-10-8-6-4-2/h8,10,23-24,26-27,40,42,48,50,54-60,62,64-69H,3-7,9,11-22,25,28-39,41,43-47,49,51-53H2,1-2H3,(H,63,70)/b10-8+,24-23-,27-26-,42-40+,50-48+. The molecule has 1 fully saturated rings. The first-order valence-electron chi connectivity index (χ1n) is 30.1. The van der Waals surface area contributed by atoms with Crippen LogP contribution < -0.4 is 5.32 Å². The fourth-order valence-electron chi connectivity index (χ4n) is 9.29. The molecule has 0 radical (unpaired) electrons. The fourth-order valence-corrected chi connectivity index (χ4v) is 9.29. The van der Waals surface area contributed by atoms with Crippen molar-refractivity contribution in [3.05, 3.63) is 60.8 Å². The number of ether oxygens (including phenoxy) is 2. The second kappa shape index (κ2) is 51.0. The first-order valence-corrected chi connectivity index (χ1v) is 30.1. The zero-order chi connectivity index (χ0) is 52.4. The molecule has 1 saturated heterocycles. The molecule has 0 aromatic heterocycles. The van der Waals surface area contributed by atoms with Crippen LogP contribution in [0.2, 0.25) is 0 Å². The molecule has 1 heterocycles. The van der Waals surface area contributed by atoms with Gasteiger partial charge in [0.25, 0.3) is 0 Å². The molecule has 0 bridgehead atoms. The molecule has 10 heteroatoms. The summed E-state index contributed by atoms with van der Waals surface area (Å²) in [7, 11) is 0. The zero-order valence-electron chi connectivity index (χ0n) is 46.3. The van der Waals surface area contributed by atoms with Gasteiger partial charge in [0.1, 0.15) is 30.5 Å². The number of hydrogen-bond donors (Lipinski definition) is 7. The Labute approximate surface area is 441 Å². The van der Waals surface area contributed by atoms with Crippen LogP contribution in [-0.4, -0.2) is 98.7 Å². The van der Waals surface area contributed by atoms with Crippen LogP contribution in [0.1, 0.15) is 264 Å². The Hall–Kier alpha value is -2.15. The summed E-state index contributed by atoms with van der Waals surface area (Å²) in [5.74, 6) is -0.632. The number of unbranched alkanes of at least 4 members (excludes halogenated alkanes) is 32. The molecular formula is C62H113NO9. The molecule has 10 nitrogen and oxygen atoms in total. The summed E-state index contributed by atoms with van der Waals surface area (Å²) in [4.78, 5) is 13.1. The Morgan fingerprint density at radius 2 is 0.889 bits per heavy atom. The van der Waals surface area contributed by atoms with E-state index in [1.807, 2.05) is 6.08 Å². The molecule has 1 rings (SSSR count). The van der Waals surface area contributed by atoms with Crippen LogP contribution in [0.5, 0.6) is 0 Å². The molecule has 0 saturated carbocycles. The third-order valence-electron chi connectivity index (χ3n) is 14.1. The number of aliphatic hydroxyl groups is 6. The van der Waals surface area contributed by atoms with Gasteiger partial charge in [0.2, 0.25) is 5.91 Å². The summed E-state index contributed by atoms with van der Waals surface area (Å²) in [5, 5.41) is 64.8. The summed E-state index contributed by atoms with van der Waals surface area (Å²) in [6, 6.07) is -1.00. The second-order valence-corrected chi connectivity index (χ2v) is 20.9. The molecule has 8 atom stereocenters. The average Bonchev–Trinajstić information content (AvgIpc) is 3.38. The van der Waals surface area contributed by atoms with Gasteiger partial charge in [-0.25, -0.2) is 0 Å². The highest BCUT2D eigenvalue weighted by Gasteiger charge is 2.44. The van der Waals surface area contributed by atoms with Gasteiger partial charge >= 0.3 is 0 Å². The third kappa shape index (κ3) is 39.3. The van der Waals surface area contributed by atoms with E-state index in [1.165, 1.54) is 173 Å². The predicted octanol–water partition coefficient (Wildman–Crippen LogP) is 14.0. The molecule has 0 spiro atoms. The quantitative estimate of drug-likeness (QED) is 0.0232. The molecule has 8 unspecified atom stereocenters. The minimum atomic E-state index is -1.62. The number of allylic oxidation sites excluding steroid dienone is 9. The highest BCUT2D eigenvalue weighted by atomic mass is 16.7. The lowest BCUT2D eigenvalue weighted by atomic mass is 9.99. The SMILES string of the molecule is CCC/C=C/CC/C=C/CC/C=C/C(O)C(COC1OC(CO)C(O)C(O)C1O)NC(=O)C(O)CCCCCCCCCCCCCCCCCC/C=C\C/C=C\CCCCCCCCCCCCCCC. The van der Waals surface area contributed by atoms with Crippen molar-refractivity contribution in [3.8, 4) is 0 Å². The van der Waals surface area contributed by atoms with E-state index in [0.29, 0.717) is 19.3 Å². The van der Waals surface area contributed by atoms with Crippen LogP contribution in [0.25, 0.3) is 0 Å². The van der Waals surface area contributed by atoms with Gasteiger partial charge in [0, 0.05) is 0 Å². The van der Waals surface area contributed by atoms with Crippen LogP contribution in [0.15, 0.2) is 60.8 Å². The fraction of sp³-hybridized carbons (Fsp3) is 0.823. The van der Waals surface area contributed by atoms with Crippen LogP contribution in [-0.2, 0) is 14.3 Å². The normalized spacial score (nSPS) is 20.0. The van der Waals surface area contributed by atoms with E-state index in [9.17, 15) is 35.4 Å². The second-order valence-electron chi connectivity index (χ2n) is 20.9. The average molecular weight is 1020 g/mol. The molecule has 0 aromatic rings. The maximum atomic E-state index is 13.1. The monoisotopic (exact) mass is 1020 g/mol. The van der Waals surface area contributed by atoms with Crippen molar-refractivity contribution in [1.82, 2.24) is 5.32 Å². The van der Waals surface area contributed by atoms with Gasteiger partial charge in [0.05, 0.1) is 25.4 Å². The maximum Gasteiger partial charge on any atom is 0.249 e. The number of aliphatic hydroxyl groups excluding tert-OH is 6. The highest BCUT2D eigenvalue weighted by molar-refractivity contribution is 5.80. The van der Waals surface area contributed by atoms with Gasteiger partial charge in [-0.3, -0.25) is 4.79 Å². The largest absolute Gasteiger partial charge is 0.394 e. The Bertz CT molecular complexity index is 1330. The Morgan fingerprint density at radius 1 is 0.486 bits per heavy atom. The third-order valence-corrected chi connectivity index (χ3v) is 14.1. The zero-order valence-corrected chi connectivity index (χ0v) is 46.3. The van der Waals surface area contributed by atoms with Gasteiger partial charge < -0.3 is 45.4 Å². The van der Waals surface area contributed by atoms with Gasteiger partial charge in [-0.2, -0.15) is 0 Å². The molecular weight excluding hydrogens is 903 g/mol. The van der Waals surface area contributed by atoms with Gasteiger partial charge in [-0.15, -0.1) is 0 Å². The van der Waals surface area contributed by atoms with Crippen LogP contribution >= 0.6 is 0 Å². The van der Waals surface area contributed by atoms with Crippen LogP contribution in [0.3, 0.4) is 0 Å². The number of carbonyl (C=O) groups excluding carboxylic acids is 1. The molecule has 1 aliphatic heterocycles. The van der Waals surface area contributed by atoms with Gasteiger partial charge in [-0.05, 0) is 70.6 Å². The Kier molecular flexibility index (Phi) is 48.1. The van der Waals surface area contributed by atoms with E-state index in [1.54, 1.807) is 6.08 Å². The van der Waals surface area contributed by atoms with E-state index in [-0.39, 0.29) is 6.61 Å². The van der Waals surface area contributed by atoms with Crippen molar-refractivity contribution in [1.29, 1.82) is 0 Å². The van der Waals surface area contributed by atoms with Crippen molar-refractivity contribution >= 4 is 5.91 Å². The van der Waals surface area contributed by atoms with Gasteiger partial charge in [-0.1, -0.05) is 254 Å². The number of rotatable bonds is 51. The number of amides is 1. The van der Waals surface area contributed by atoms with Crippen molar-refractivity contribution in [2.24, 2.45) is 0 Å². The summed E-state index contributed by atoms with van der Waals surface area (Å²) >= 11 is 0. The highest BCUT2D eigenvalue weighted by Crippen LogP contribution is 2.23. The van der Waals surface area contributed by atoms with Crippen molar-refractivity contribution in [2.75, 3.05) is 13.2 Å². The van der Waals surface area contributed by atoms with E-state index in [0.717, 1.165) is 57.8 Å². The van der Waals surface area contributed by atoms with Crippen molar-refractivity contribution < 1.29 is 44.9 Å². The maximum absolute atomic E-state index is 13.1. The minimum Gasteiger partial charge on any atom is -0.394 e. The Morgan fingerprint density at radius 3 is 1.33 bits per heavy atom. The topological polar surface area (TPSA) is 169 Å². The smallest absolute Gasteiger partial charge is 0.249 e. The van der Waals surface area contributed by atoms with Crippen molar-refractivity contribution in [3.63, 3.8) is 0 Å². The van der Waals surface area contributed by atoms with E-state index >= 15 is 0 Å². The summed E-state index contributed by atoms with van der Waals surface area (Å²) < 4.78 is 11.1. The molecule has 420 valence electrons. The lowest BCUT2D eigenvalue weighted by Gasteiger charge is -2.40. The molecule has 0 aromatic carbocycles. The molecule has 1 aliphatic rings. The lowest BCUT2D eigenvalue weighted by Crippen LogP contribution is -2.60. The summed E-state index contributed by atoms with van der Waals surface area (Å²) in [6.45, 7) is 3.52. The lowest BCUT2D eigenvalue weighted by molar-refractivity contribution is -0.302. The Balaban J connectivity index is 2.10. The number of nitrogens with one attached hydrogen (secondary N) is 1. The van der Waals surface area contributed by atoms with Crippen LogP contribution in [0.4, 0.5) is 0 Å². The minimum absolute atomic E-state index is 0.299. The predicted molar refractivity (Wildman–Crippen MR) is 301 cm³/mol. The van der Waals surface area contributed by atoms with Gasteiger partial charge in [0.15, 0.2) is 6.29 Å². The number of hydrogen-bond acceptors (Lipinski definition) is 9. The first kappa shape index (κ1) is 67.9. The van der Waals surface area contributed by atoms with E-state index in [4.69, 9.17) is 9.47 Å². The summed E-state index contributed by atoms with van der Waals surface area (Å²) in [6.07, 6.45) is 59.4. The van der Waals surface area contributed by atoms with Crippen molar-refractivity contribution in [2.45, 2.75) is 313 Å². The molecule has 72 heavy (non-hydrogen) atoms. The van der Waals surface area contributed by atoms with E-state index < -0.39 is 61.5 Å². The first-order chi connectivity index (χ1) is 35.3. The molecule has 7 N–H and O–H groups in total. The number of carbonyl (C=O) groups is 1. The van der Waals surface area contributed by atoms with Crippen LogP contribution in [0, 0.1) is 0 Å². The van der Waals surface area contributed by atoms with E-state index in [2.05, 4.69) is 67.8 Å².